The quantitative estimate of drug-likeness (QED) is 0.926. The van der Waals surface area contributed by atoms with Crippen molar-refractivity contribution in [1.82, 2.24) is 4.90 Å². The average Bonchev–Trinajstić information content (AvgIpc) is 2.41. The van der Waals surface area contributed by atoms with Gasteiger partial charge in [-0.05, 0) is 44.5 Å². The Morgan fingerprint density at radius 1 is 1.29 bits per heavy atom. The number of nitrogens with two attached hydrogens (primary N) is 1. The summed E-state index contributed by atoms with van der Waals surface area (Å²) in [5.41, 5.74) is 6.59. The van der Waals surface area contributed by atoms with Crippen LogP contribution in [0.4, 0.5) is 14.5 Å². The maximum absolute atomic E-state index is 14.3. The Bertz CT molecular complexity index is 469. The first kappa shape index (κ1) is 16.2. The molecule has 1 aromatic rings. The molecule has 3 nitrogen and oxygen atoms in total. The highest BCUT2D eigenvalue weighted by Crippen LogP contribution is 2.27. The number of halogens is 2. The summed E-state index contributed by atoms with van der Waals surface area (Å²) in [5, 5.41) is 0. The SMILES string of the molecule is CCC(N)Cc1cc(F)c(N2CCN(C)C(C)C2)c(F)c1. The van der Waals surface area contributed by atoms with Gasteiger partial charge in [0.15, 0.2) is 0 Å². The standard InChI is InChI=1S/C16H25F2N3/c1-4-13(19)7-12-8-14(17)16(15(18)9-12)21-6-5-20(3)11(2)10-21/h8-9,11,13H,4-7,10,19H2,1-3H3. The molecule has 1 fully saturated rings. The van der Waals surface area contributed by atoms with Crippen LogP contribution in [0.3, 0.4) is 0 Å². The number of likely N-dealkylation sites (N-methyl/N-ethyl adjacent to an activating group) is 1. The van der Waals surface area contributed by atoms with Crippen molar-refractivity contribution in [3.8, 4) is 0 Å². The number of piperazine rings is 1. The van der Waals surface area contributed by atoms with E-state index in [9.17, 15) is 8.78 Å². The van der Waals surface area contributed by atoms with E-state index in [1.165, 1.54) is 12.1 Å². The Morgan fingerprint density at radius 3 is 2.43 bits per heavy atom. The Hall–Kier alpha value is -1.20. The number of benzene rings is 1. The topological polar surface area (TPSA) is 32.5 Å². The number of anilines is 1. The van der Waals surface area contributed by atoms with E-state index in [0.29, 0.717) is 25.1 Å². The molecule has 0 spiro atoms. The molecule has 2 unspecified atom stereocenters. The molecular formula is C16H25F2N3. The Kier molecular flexibility index (Phi) is 5.17. The van der Waals surface area contributed by atoms with Gasteiger partial charge in [0.05, 0.1) is 0 Å². The molecule has 0 radical (unpaired) electrons. The zero-order valence-electron chi connectivity index (χ0n) is 13.1. The molecule has 0 amide bonds. The molecule has 5 heteroatoms. The van der Waals surface area contributed by atoms with Crippen molar-refractivity contribution in [2.24, 2.45) is 5.73 Å². The molecule has 0 bridgehead atoms. The van der Waals surface area contributed by atoms with Gasteiger partial charge in [0.1, 0.15) is 17.3 Å². The highest BCUT2D eigenvalue weighted by molar-refractivity contribution is 5.51. The molecule has 21 heavy (non-hydrogen) atoms. The van der Waals surface area contributed by atoms with Crippen LogP contribution in [0.1, 0.15) is 25.8 Å². The van der Waals surface area contributed by atoms with Crippen molar-refractivity contribution < 1.29 is 8.78 Å². The van der Waals surface area contributed by atoms with Crippen LogP contribution in [0.2, 0.25) is 0 Å². The summed E-state index contributed by atoms with van der Waals surface area (Å²) in [6.45, 7) is 6.12. The fraction of sp³-hybridized carbons (Fsp3) is 0.625. The maximum Gasteiger partial charge on any atom is 0.149 e. The van der Waals surface area contributed by atoms with Crippen LogP contribution in [-0.2, 0) is 6.42 Å². The summed E-state index contributed by atoms with van der Waals surface area (Å²) in [4.78, 5) is 4.00. The van der Waals surface area contributed by atoms with Crippen LogP contribution < -0.4 is 10.6 Å². The van der Waals surface area contributed by atoms with Crippen LogP contribution in [0, 0.1) is 11.6 Å². The minimum atomic E-state index is -0.481. The Labute approximate surface area is 125 Å². The molecule has 2 N–H and O–H groups in total. The molecule has 1 heterocycles. The molecule has 1 aliphatic rings. The van der Waals surface area contributed by atoms with Crippen LogP contribution in [0.25, 0.3) is 0 Å². The Morgan fingerprint density at radius 2 is 1.90 bits per heavy atom. The van der Waals surface area contributed by atoms with E-state index in [-0.39, 0.29) is 17.8 Å². The molecule has 118 valence electrons. The van der Waals surface area contributed by atoms with E-state index in [1.807, 2.05) is 14.0 Å². The first-order valence-electron chi connectivity index (χ1n) is 7.61. The zero-order chi connectivity index (χ0) is 15.6. The minimum absolute atomic E-state index is 0.0571. The predicted molar refractivity (Wildman–Crippen MR) is 82.6 cm³/mol. The van der Waals surface area contributed by atoms with Crippen molar-refractivity contribution in [3.63, 3.8) is 0 Å². The maximum atomic E-state index is 14.3. The second kappa shape index (κ2) is 6.71. The predicted octanol–water partition coefficient (Wildman–Crippen LogP) is 2.38. The second-order valence-electron chi connectivity index (χ2n) is 6.06. The van der Waals surface area contributed by atoms with E-state index < -0.39 is 11.6 Å². The highest BCUT2D eigenvalue weighted by Gasteiger charge is 2.25. The van der Waals surface area contributed by atoms with Crippen LogP contribution in [0.15, 0.2) is 12.1 Å². The Balaban J connectivity index is 2.21. The lowest BCUT2D eigenvalue weighted by atomic mass is 10.0. The van der Waals surface area contributed by atoms with Crippen molar-refractivity contribution in [3.05, 3.63) is 29.3 Å². The molecule has 2 rings (SSSR count). The van der Waals surface area contributed by atoms with E-state index >= 15 is 0 Å². The molecule has 1 saturated heterocycles. The van der Waals surface area contributed by atoms with E-state index in [4.69, 9.17) is 5.73 Å². The monoisotopic (exact) mass is 297 g/mol. The van der Waals surface area contributed by atoms with Gasteiger partial charge in [0.25, 0.3) is 0 Å². The summed E-state index contributed by atoms with van der Waals surface area (Å²) in [5.74, 6) is -0.963. The summed E-state index contributed by atoms with van der Waals surface area (Å²) in [6, 6.07) is 3.08. The molecule has 0 aromatic heterocycles. The van der Waals surface area contributed by atoms with Gasteiger partial charge >= 0.3 is 0 Å². The first-order chi connectivity index (χ1) is 9.92. The summed E-state index contributed by atoms with van der Waals surface area (Å²) >= 11 is 0. The third-order valence-corrected chi connectivity index (χ3v) is 4.37. The van der Waals surface area contributed by atoms with Gasteiger partial charge in [0.2, 0.25) is 0 Å². The lowest BCUT2D eigenvalue weighted by Gasteiger charge is -2.39. The second-order valence-corrected chi connectivity index (χ2v) is 6.06. The molecule has 0 aliphatic carbocycles. The lowest BCUT2D eigenvalue weighted by Crippen LogP contribution is -2.50. The molecular weight excluding hydrogens is 272 g/mol. The van der Waals surface area contributed by atoms with E-state index in [1.54, 1.807) is 4.90 Å². The van der Waals surface area contributed by atoms with Crippen LogP contribution in [0.5, 0.6) is 0 Å². The molecule has 1 aromatic carbocycles. The molecule has 1 aliphatic heterocycles. The normalized spacial score (nSPS) is 21.6. The number of hydrogen-bond donors (Lipinski definition) is 1. The van der Waals surface area contributed by atoms with Crippen molar-refractivity contribution in [2.75, 3.05) is 31.6 Å². The van der Waals surface area contributed by atoms with Crippen LogP contribution >= 0.6 is 0 Å². The molecule has 0 saturated carbocycles. The number of rotatable bonds is 4. The van der Waals surface area contributed by atoms with Crippen molar-refractivity contribution in [1.29, 1.82) is 0 Å². The fourth-order valence-electron chi connectivity index (χ4n) is 2.74. The van der Waals surface area contributed by atoms with E-state index in [2.05, 4.69) is 11.8 Å². The van der Waals surface area contributed by atoms with Gasteiger partial charge in [0, 0.05) is 31.7 Å². The van der Waals surface area contributed by atoms with Gasteiger partial charge < -0.3 is 15.5 Å². The minimum Gasteiger partial charge on any atom is -0.364 e. The lowest BCUT2D eigenvalue weighted by molar-refractivity contribution is 0.232. The van der Waals surface area contributed by atoms with Crippen molar-refractivity contribution >= 4 is 5.69 Å². The average molecular weight is 297 g/mol. The van der Waals surface area contributed by atoms with Gasteiger partial charge in [-0.2, -0.15) is 0 Å². The first-order valence-corrected chi connectivity index (χ1v) is 7.61. The highest BCUT2D eigenvalue weighted by atomic mass is 19.1. The number of nitrogens with zero attached hydrogens (tertiary/aromatic N) is 2. The fourth-order valence-corrected chi connectivity index (χ4v) is 2.74. The van der Waals surface area contributed by atoms with Gasteiger partial charge in [-0.25, -0.2) is 8.78 Å². The van der Waals surface area contributed by atoms with Gasteiger partial charge in [-0.3, -0.25) is 0 Å². The summed E-state index contributed by atoms with van der Waals surface area (Å²) in [7, 11) is 2.03. The van der Waals surface area contributed by atoms with E-state index in [0.717, 1.165) is 13.0 Å². The smallest absolute Gasteiger partial charge is 0.149 e. The summed E-state index contributed by atoms with van der Waals surface area (Å²) in [6.07, 6.45) is 1.30. The summed E-state index contributed by atoms with van der Waals surface area (Å²) < 4.78 is 28.7. The zero-order valence-corrected chi connectivity index (χ0v) is 13.1. The van der Waals surface area contributed by atoms with Gasteiger partial charge in [-0.1, -0.05) is 6.92 Å². The third-order valence-electron chi connectivity index (χ3n) is 4.37. The number of hydrogen-bond acceptors (Lipinski definition) is 3. The third kappa shape index (κ3) is 3.71. The van der Waals surface area contributed by atoms with Crippen molar-refractivity contribution in [2.45, 2.75) is 38.8 Å². The van der Waals surface area contributed by atoms with Gasteiger partial charge in [-0.15, -0.1) is 0 Å². The van der Waals surface area contributed by atoms with Crippen LogP contribution in [-0.4, -0.2) is 43.7 Å². The molecule has 2 atom stereocenters. The largest absolute Gasteiger partial charge is 0.364 e.